The van der Waals surface area contributed by atoms with E-state index in [1.165, 1.54) is 6.07 Å². The predicted octanol–water partition coefficient (Wildman–Crippen LogP) is 3.07. The summed E-state index contributed by atoms with van der Waals surface area (Å²) in [7, 11) is 0. The lowest BCUT2D eigenvalue weighted by molar-refractivity contribution is -0.385. The second kappa shape index (κ2) is 6.36. The van der Waals surface area contributed by atoms with Gasteiger partial charge in [-0.3, -0.25) is 14.9 Å². The van der Waals surface area contributed by atoms with Crippen LogP contribution in [0.15, 0.2) is 46.9 Å². The van der Waals surface area contributed by atoms with E-state index in [4.69, 9.17) is 5.73 Å². The first kappa shape index (κ1) is 15.0. The molecule has 0 saturated carbocycles. The molecule has 2 aromatic carbocycles. The zero-order valence-electron chi connectivity index (χ0n) is 10.9. The highest BCUT2D eigenvalue weighted by molar-refractivity contribution is 9.10. The number of amides is 1. The van der Waals surface area contributed by atoms with Crippen LogP contribution in [0.3, 0.4) is 0 Å². The first-order valence-corrected chi connectivity index (χ1v) is 6.83. The number of hydrogen-bond acceptors (Lipinski definition) is 4. The van der Waals surface area contributed by atoms with Crippen LogP contribution in [-0.4, -0.2) is 10.8 Å². The standard InChI is InChI=1S/C14H12BrN3O3/c15-11-5-4-10(13(7-11)18(20)21)8-17-12-3-1-2-9(6-12)14(16)19/h1-7,17H,8H2,(H2,16,19). The monoisotopic (exact) mass is 349 g/mol. The first-order chi connectivity index (χ1) is 9.97. The van der Waals surface area contributed by atoms with E-state index in [0.717, 1.165) is 0 Å². The van der Waals surface area contributed by atoms with Crippen molar-refractivity contribution >= 4 is 33.2 Å². The molecular formula is C14H12BrN3O3. The molecule has 0 aliphatic rings. The molecule has 0 radical (unpaired) electrons. The number of primary amides is 1. The van der Waals surface area contributed by atoms with Crippen molar-refractivity contribution in [3.05, 3.63) is 68.2 Å². The van der Waals surface area contributed by atoms with E-state index < -0.39 is 10.8 Å². The first-order valence-electron chi connectivity index (χ1n) is 6.04. The van der Waals surface area contributed by atoms with Gasteiger partial charge in [-0.1, -0.05) is 22.0 Å². The zero-order chi connectivity index (χ0) is 15.4. The van der Waals surface area contributed by atoms with Gasteiger partial charge in [-0.05, 0) is 30.3 Å². The Morgan fingerprint density at radius 2 is 2.05 bits per heavy atom. The van der Waals surface area contributed by atoms with Crippen LogP contribution >= 0.6 is 15.9 Å². The molecule has 6 nitrogen and oxygen atoms in total. The van der Waals surface area contributed by atoms with Crippen LogP contribution in [0.4, 0.5) is 11.4 Å². The molecule has 0 atom stereocenters. The van der Waals surface area contributed by atoms with E-state index in [-0.39, 0.29) is 12.2 Å². The van der Waals surface area contributed by atoms with Gasteiger partial charge in [-0.2, -0.15) is 0 Å². The van der Waals surface area contributed by atoms with Gasteiger partial charge in [0.25, 0.3) is 5.69 Å². The Hall–Kier alpha value is -2.41. The number of nitro benzene ring substituents is 1. The van der Waals surface area contributed by atoms with Crippen molar-refractivity contribution in [1.82, 2.24) is 0 Å². The van der Waals surface area contributed by atoms with Crippen LogP contribution in [0.25, 0.3) is 0 Å². The van der Waals surface area contributed by atoms with E-state index in [9.17, 15) is 14.9 Å². The number of rotatable bonds is 5. The second-order valence-electron chi connectivity index (χ2n) is 4.33. The third kappa shape index (κ3) is 3.79. The lowest BCUT2D eigenvalue weighted by Crippen LogP contribution is -2.11. The molecular weight excluding hydrogens is 338 g/mol. The van der Waals surface area contributed by atoms with Gasteiger partial charge in [-0.25, -0.2) is 0 Å². The van der Waals surface area contributed by atoms with Crippen LogP contribution < -0.4 is 11.1 Å². The number of nitrogens with zero attached hydrogens (tertiary/aromatic N) is 1. The number of hydrogen-bond donors (Lipinski definition) is 2. The van der Waals surface area contributed by atoms with Gasteiger partial charge in [0.1, 0.15) is 0 Å². The zero-order valence-corrected chi connectivity index (χ0v) is 12.5. The van der Waals surface area contributed by atoms with Crippen LogP contribution in [0.5, 0.6) is 0 Å². The van der Waals surface area contributed by atoms with Crippen molar-refractivity contribution in [2.45, 2.75) is 6.54 Å². The Kier molecular flexibility index (Phi) is 4.54. The van der Waals surface area contributed by atoms with Crippen molar-refractivity contribution in [3.8, 4) is 0 Å². The summed E-state index contributed by atoms with van der Waals surface area (Å²) in [6.07, 6.45) is 0. The summed E-state index contributed by atoms with van der Waals surface area (Å²) < 4.78 is 0.647. The number of nitro groups is 1. The maximum absolute atomic E-state index is 11.1. The van der Waals surface area contributed by atoms with Crippen LogP contribution in [0, 0.1) is 10.1 Å². The van der Waals surface area contributed by atoms with Gasteiger partial charge in [0.05, 0.1) is 4.92 Å². The molecule has 108 valence electrons. The minimum absolute atomic E-state index is 0.0305. The summed E-state index contributed by atoms with van der Waals surface area (Å²) in [5.74, 6) is -0.520. The summed E-state index contributed by atoms with van der Waals surface area (Å²) in [5.41, 5.74) is 6.84. The van der Waals surface area contributed by atoms with Crippen molar-refractivity contribution in [2.24, 2.45) is 5.73 Å². The Balaban J connectivity index is 2.18. The predicted molar refractivity (Wildman–Crippen MR) is 83.1 cm³/mol. The fourth-order valence-corrected chi connectivity index (χ4v) is 2.19. The smallest absolute Gasteiger partial charge is 0.275 e. The molecule has 3 N–H and O–H groups in total. The van der Waals surface area contributed by atoms with Crippen molar-refractivity contribution < 1.29 is 9.72 Å². The Labute approximate surface area is 129 Å². The summed E-state index contributed by atoms with van der Waals surface area (Å²) in [4.78, 5) is 21.7. The van der Waals surface area contributed by atoms with Gasteiger partial charge in [0, 0.05) is 33.9 Å². The molecule has 0 aliphatic carbocycles. The van der Waals surface area contributed by atoms with Gasteiger partial charge in [-0.15, -0.1) is 0 Å². The molecule has 0 unspecified atom stereocenters. The van der Waals surface area contributed by atoms with E-state index in [1.807, 2.05) is 0 Å². The fraction of sp³-hybridized carbons (Fsp3) is 0.0714. The van der Waals surface area contributed by atoms with Gasteiger partial charge in [0.2, 0.25) is 5.91 Å². The van der Waals surface area contributed by atoms with Gasteiger partial charge >= 0.3 is 0 Å². The number of halogens is 1. The minimum Gasteiger partial charge on any atom is -0.381 e. The molecule has 2 rings (SSSR count). The van der Waals surface area contributed by atoms with E-state index in [0.29, 0.717) is 21.3 Å². The number of nitrogens with two attached hydrogens (primary N) is 1. The van der Waals surface area contributed by atoms with Crippen molar-refractivity contribution in [2.75, 3.05) is 5.32 Å². The largest absolute Gasteiger partial charge is 0.381 e. The molecule has 0 heterocycles. The molecule has 7 heteroatoms. The highest BCUT2D eigenvalue weighted by Crippen LogP contribution is 2.24. The molecule has 0 saturated heterocycles. The Morgan fingerprint density at radius 1 is 1.29 bits per heavy atom. The number of carbonyl (C=O) groups excluding carboxylic acids is 1. The molecule has 2 aromatic rings. The average molecular weight is 350 g/mol. The summed E-state index contributed by atoms with van der Waals surface area (Å²) in [6.45, 7) is 0.270. The Morgan fingerprint density at radius 3 is 2.71 bits per heavy atom. The molecule has 1 amide bonds. The quantitative estimate of drug-likeness (QED) is 0.640. The van der Waals surface area contributed by atoms with Crippen molar-refractivity contribution in [1.29, 1.82) is 0 Å². The average Bonchev–Trinajstić information content (AvgIpc) is 2.46. The molecule has 0 spiro atoms. The minimum atomic E-state index is -0.520. The van der Waals surface area contributed by atoms with Gasteiger partial charge < -0.3 is 11.1 Å². The SMILES string of the molecule is NC(=O)c1cccc(NCc2ccc(Br)cc2[N+](=O)[O-])c1. The third-order valence-corrected chi connectivity index (χ3v) is 3.37. The number of nitrogens with one attached hydrogen (secondary N) is 1. The molecule has 0 fully saturated rings. The maximum Gasteiger partial charge on any atom is 0.275 e. The number of anilines is 1. The topological polar surface area (TPSA) is 98.3 Å². The molecule has 0 aromatic heterocycles. The Bertz CT molecular complexity index is 704. The number of carbonyl (C=O) groups is 1. The highest BCUT2D eigenvalue weighted by Gasteiger charge is 2.13. The second-order valence-corrected chi connectivity index (χ2v) is 5.24. The van der Waals surface area contributed by atoms with Crippen molar-refractivity contribution in [3.63, 3.8) is 0 Å². The van der Waals surface area contributed by atoms with E-state index in [2.05, 4.69) is 21.2 Å². The van der Waals surface area contributed by atoms with Crippen LogP contribution in [-0.2, 0) is 6.54 Å². The lowest BCUT2D eigenvalue weighted by Gasteiger charge is -2.08. The van der Waals surface area contributed by atoms with Crippen LogP contribution in [0.1, 0.15) is 15.9 Å². The normalized spacial score (nSPS) is 10.1. The number of benzene rings is 2. The fourth-order valence-electron chi connectivity index (χ4n) is 1.84. The highest BCUT2D eigenvalue weighted by atomic mass is 79.9. The third-order valence-electron chi connectivity index (χ3n) is 2.87. The summed E-state index contributed by atoms with van der Waals surface area (Å²) in [6, 6.07) is 11.5. The summed E-state index contributed by atoms with van der Waals surface area (Å²) >= 11 is 3.21. The van der Waals surface area contributed by atoms with Crippen LogP contribution in [0.2, 0.25) is 0 Å². The van der Waals surface area contributed by atoms with Gasteiger partial charge in [0.15, 0.2) is 0 Å². The van der Waals surface area contributed by atoms with E-state index in [1.54, 1.807) is 36.4 Å². The van der Waals surface area contributed by atoms with E-state index >= 15 is 0 Å². The molecule has 0 bridgehead atoms. The maximum atomic E-state index is 11.1. The lowest BCUT2D eigenvalue weighted by atomic mass is 10.1. The molecule has 0 aliphatic heterocycles. The summed E-state index contributed by atoms with van der Waals surface area (Å²) in [5, 5.41) is 14.1. The molecule has 21 heavy (non-hydrogen) atoms.